The Morgan fingerprint density at radius 3 is 2.33 bits per heavy atom. The minimum absolute atomic E-state index is 1.82. The summed E-state index contributed by atoms with van der Waals surface area (Å²) >= 11 is 0. The summed E-state index contributed by atoms with van der Waals surface area (Å²) in [6.07, 6.45) is 1.82. The van der Waals surface area contributed by atoms with E-state index in [-0.39, 0.29) is 0 Å². The van der Waals surface area contributed by atoms with E-state index in [1.807, 2.05) is 26.8 Å². The molecule has 1 heteroatoms. The molecule has 0 aliphatic carbocycles. The molecule has 0 aliphatic rings. The van der Waals surface area contributed by atoms with Crippen molar-refractivity contribution in [1.82, 2.24) is 0 Å². The average Bonchev–Trinajstić information content (AvgIpc) is 1.61. The Hall–Kier alpha value is -0.635. The van der Waals surface area contributed by atoms with Crippen LogP contribution < -0.4 is 0 Å². The van der Waals surface area contributed by atoms with E-state index in [0.717, 1.165) is 0 Å². The van der Waals surface area contributed by atoms with Gasteiger partial charge in [0.1, 0.15) is 7.85 Å². The van der Waals surface area contributed by atoms with Crippen LogP contribution in [0.15, 0.2) is 23.5 Å². The van der Waals surface area contributed by atoms with Crippen LogP contribution in [0, 0.1) is 0 Å². The maximum atomic E-state index is 2.77. The van der Waals surface area contributed by atoms with Crippen molar-refractivity contribution in [3.63, 3.8) is 0 Å². The molecule has 0 amide bonds. The second-order valence-corrected chi connectivity index (χ2v) is 0.866. The van der Waals surface area contributed by atoms with E-state index in [1.165, 1.54) is 0 Å². The number of allylic oxidation sites excluding steroid dienone is 1. The second-order valence-electron chi connectivity index (χ2n) is 0.866. The molecule has 30 valence electrons. The monoisotopic (exact) mass is 78.1 g/mol. The third-order valence-electron chi connectivity index (χ3n) is 0.372. The lowest BCUT2D eigenvalue weighted by Crippen LogP contribution is -1.37. The first-order chi connectivity index (χ1) is 2.91. The molecule has 0 fully saturated rings. The van der Waals surface area contributed by atoms with Crippen molar-refractivity contribution in [2.45, 2.75) is 6.92 Å². The molecule has 0 bridgehead atoms. The molecule has 0 heterocycles. The molecule has 0 saturated carbocycles. The van der Waals surface area contributed by atoms with Gasteiger partial charge in [-0.25, -0.2) is 0 Å². The van der Waals surface area contributed by atoms with Gasteiger partial charge in [0.05, 0.1) is 0 Å². The smallest absolute Gasteiger partial charge is 0.0854 e. The van der Waals surface area contributed by atoms with Gasteiger partial charge < -0.3 is 0 Å². The van der Waals surface area contributed by atoms with Gasteiger partial charge in [0, 0.05) is 0 Å². The molecule has 0 radical (unpaired) electrons. The Balaban J connectivity index is 3.79. The lowest BCUT2D eigenvalue weighted by atomic mass is 10.2. The van der Waals surface area contributed by atoms with Crippen LogP contribution in [0.3, 0.4) is 0 Å². The van der Waals surface area contributed by atoms with E-state index >= 15 is 0 Å². The Morgan fingerprint density at radius 2 is 2.17 bits per heavy atom. The SMILES string of the molecule is BC=C=C=CC. The van der Waals surface area contributed by atoms with E-state index in [2.05, 4.69) is 11.5 Å². The lowest BCUT2D eigenvalue weighted by molar-refractivity contribution is 1.78. The first-order valence-electron chi connectivity index (χ1n) is 1.98. The van der Waals surface area contributed by atoms with Crippen molar-refractivity contribution < 1.29 is 0 Å². The van der Waals surface area contributed by atoms with Crippen LogP contribution in [-0.4, -0.2) is 7.85 Å². The van der Waals surface area contributed by atoms with Crippen LogP contribution in [0.5, 0.6) is 0 Å². The van der Waals surface area contributed by atoms with Crippen LogP contribution in [0.1, 0.15) is 6.92 Å². The number of rotatable bonds is 0. The van der Waals surface area contributed by atoms with Crippen molar-refractivity contribution in [2.75, 3.05) is 0 Å². The first-order valence-corrected chi connectivity index (χ1v) is 1.98. The summed E-state index contributed by atoms with van der Waals surface area (Å²) in [4.78, 5) is 0. The fourth-order valence-corrected chi connectivity index (χ4v) is 0.167. The normalized spacial score (nSPS) is 4.83. The summed E-state index contributed by atoms with van der Waals surface area (Å²) in [5.74, 6) is 1.82. The molecule has 0 atom stereocenters. The van der Waals surface area contributed by atoms with Crippen molar-refractivity contribution in [3.05, 3.63) is 23.5 Å². The zero-order chi connectivity index (χ0) is 4.83. The van der Waals surface area contributed by atoms with Crippen LogP contribution in [-0.2, 0) is 0 Å². The Bertz CT molecular complexity index is 87.1. The van der Waals surface area contributed by atoms with Gasteiger partial charge in [-0.05, 0) is 13.0 Å². The molecule has 0 aliphatic heterocycles. The van der Waals surface area contributed by atoms with E-state index in [0.29, 0.717) is 0 Å². The largest absolute Gasteiger partial charge is 0.140 e. The molecule has 0 aromatic carbocycles. The van der Waals surface area contributed by atoms with Gasteiger partial charge in [-0.2, -0.15) is 0 Å². The van der Waals surface area contributed by atoms with Gasteiger partial charge in [-0.3, -0.25) is 0 Å². The molecule has 0 aromatic heterocycles. The van der Waals surface area contributed by atoms with E-state index in [4.69, 9.17) is 0 Å². The Kier molecular flexibility index (Phi) is 3.90. The quantitative estimate of drug-likeness (QED) is 0.291. The number of hydrogen-bond acceptors (Lipinski definition) is 0. The summed E-state index contributed by atoms with van der Waals surface area (Å²) < 4.78 is 0. The third-order valence-corrected chi connectivity index (χ3v) is 0.372. The van der Waals surface area contributed by atoms with Gasteiger partial charge in [-0.15, -0.1) is 0 Å². The maximum Gasteiger partial charge on any atom is 0.140 e. The van der Waals surface area contributed by atoms with Crippen molar-refractivity contribution >= 4 is 7.85 Å². The van der Waals surface area contributed by atoms with Gasteiger partial charge >= 0.3 is 0 Å². The molecule has 0 aromatic rings. The molecule has 0 nitrogen and oxygen atoms in total. The average molecular weight is 77.9 g/mol. The molecule has 0 N–H and O–H groups in total. The van der Waals surface area contributed by atoms with Gasteiger partial charge in [-0.1, -0.05) is 17.4 Å². The van der Waals surface area contributed by atoms with Crippen LogP contribution in [0.25, 0.3) is 0 Å². The molecule has 0 rings (SSSR count). The Labute approximate surface area is 39.3 Å². The highest BCUT2D eigenvalue weighted by Gasteiger charge is 1.38. The van der Waals surface area contributed by atoms with Crippen molar-refractivity contribution in [3.8, 4) is 0 Å². The van der Waals surface area contributed by atoms with Crippen LogP contribution >= 0.6 is 0 Å². The third kappa shape index (κ3) is 3.36. The molecular weight excluding hydrogens is 70.9 g/mol. The highest BCUT2D eigenvalue weighted by atomic mass is 13.4. The first kappa shape index (κ1) is 5.36. The molecule has 0 unspecified atom stereocenters. The second kappa shape index (κ2) is 4.36. The zero-order valence-electron chi connectivity index (χ0n) is 4.15. The van der Waals surface area contributed by atoms with Crippen LogP contribution in [0.4, 0.5) is 0 Å². The van der Waals surface area contributed by atoms with E-state index < -0.39 is 0 Å². The highest BCUT2D eigenvalue weighted by molar-refractivity contribution is 6.16. The fraction of sp³-hybridized carbons (Fsp3) is 0.200. The van der Waals surface area contributed by atoms with E-state index in [1.54, 1.807) is 0 Å². The highest BCUT2D eigenvalue weighted by Crippen LogP contribution is 1.54. The summed E-state index contributed by atoms with van der Waals surface area (Å²) in [6, 6.07) is 0. The molecule has 6 heavy (non-hydrogen) atoms. The minimum atomic E-state index is 1.82. The van der Waals surface area contributed by atoms with Crippen molar-refractivity contribution in [1.29, 1.82) is 0 Å². The van der Waals surface area contributed by atoms with Gasteiger partial charge in [0.15, 0.2) is 0 Å². The predicted molar refractivity (Wildman–Crippen MR) is 30.4 cm³/mol. The molecule has 0 saturated heterocycles. The fourth-order valence-electron chi connectivity index (χ4n) is 0.167. The van der Waals surface area contributed by atoms with Gasteiger partial charge in [0.2, 0.25) is 0 Å². The Morgan fingerprint density at radius 1 is 1.50 bits per heavy atom. The van der Waals surface area contributed by atoms with Crippen LogP contribution in [0.2, 0.25) is 0 Å². The topological polar surface area (TPSA) is 0 Å². The van der Waals surface area contributed by atoms with Crippen molar-refractivity contribution in [2.24, 2.45) is 0 Å². The molecular formula is C5H7B. The predicted octanol–water partition coefficient (Wildman–Crippen LogP) is 0.463. The standard InChI is InChI=1S/C5H7B/c1-2-3-4-5-6/h2,5H,6H2,1H3. The summed E-state index contributed by atoms with van der Waals surface area (Å²) in [5, 5.41) is 0. The molecule has 0 spiro atoms. The summed E-state index contributed by atoms with van der Waals surface area (Å²) in [6.45, 7) is 1.91. The maximum absolute atomic E-state index is 2.77. The zero-order valence-corrected chi connectivity index (χ0v) is 4.15. The summed E-state index contributed by atoms with van der Waals surface area (Å²) in [7, 11) is 1.91. The van der Waals surface area contributed by atoms with Gasteiger partial charge in [0.25, 0.3) is 0 Å². The van der Waals surface area contributed by atoms with E-state index in [9.17, 15) is 0 Å². The number of hydrogen-bond donors (Lipinski definition) is 0. The summed E-state index contributed by atoms with van der Waals surface area (Å²) in [5.41, 5.74) is 5.53. The minimum Gasteiger partial charge on any atom is -0.0854 e. The lowest BCUT2D eigenvalue weighted by Gasteiger charge is -1.46.